The van der Waals surface area contributed by atoms with Crippen LogP contribution >= 0.6 is 11.6 Å². The van der Waals surface area contributed by atoms with Crippen molar-refractivity contribution in [1.82, 2.24) is 9.88 Å². The van der Waals surface area contributed by atoms with Crippen molar-refractivity contribution in [3.63, 3.8) is 0 Å². The lowest BCUT2D eigenvalue weighted by molar-refractivity contribution is 0.0797. The number of furan rings is 1. The van der Waals surface area contributed by atoms with Gasteiger partial charge in [0.15, 0.2) is 11.0 Å². The molecule has 0 saturated carbocycles. The van der Waals surface area contributed by atoms with Crippen LogP contribution in [0.3, 0.4) is 0 Å². The van der Waals surface area contributed by atoms with Crippen LogP contribution in [0.5, 0.6) is 0 Å². The van der Waals surface area contributed by atoms with Gasteiger partial charge < -0.3 is 4.42 Å². The zero-order chi connectivity index (χ0) is 14.7. The first kappa shape index (κ1) is 14.3. The lowest BCUT2D eigenvalue weighted by Gasteiger charge is -2.31. The Balaban J connectivity index is 1.64. The summed E-state index contributed by atoms with van der Waals surface area (Å²) in [5.41, 5.74) is 0.561. The molecule has 0 aromatic carbocycles. The molecule has 0 bridgehead atoms. The van der Waals surface area contributed by atoms with E-state index in [2.05, 4.69) is 9.88 Å². The minimum atomic E-state index is 0.0130. The zero-order valence-corrected chi connectivity index (χ0v) is 12.4. The fourth-order valence-corrected chi connectivity index (χ4v) is 2.95. The molecule has 0 N–H and O–H groups in total. The molecule has 1 aliphatic heterocycles. The predicted molar refractivity (Wildman–Crippen MR) is 80.3 cm³/mol. The SMILES string of the molecule is O=C(c1ccccn1)[C@H]1CCCN(Cc2ccc(Cl)o2)C1. The number of pyridine rings is 1. The van der Waals surface area contributed by atoms with Crippen LogP contribution < -0.4 is 0 Å². The molecule has 3 heterocycles. The van der Waals surface area contributed by atoms with Gasteiger partial charge in [-0.3, -0.25) is 14.7 Å². The van der Waals surface area contributed by atoms with Crippen LogP contribution in [0.15, 0.2) is 40.9 Å². The van der Waals surface area contributed by atoms with Gasteiger partial charge in [-0.2, -0.15) is 0 Å². The Morgan fingerprint density at radius 1 is 1.38 bits per heavy atom. The highest BCUT2D eigenvalue weighted by molar-refractivity contribution is 6.28. The number of piperidine rings is 1. The smallest absolute Gasteiger partial charge is 0.193 e. The Morgan fingerprint density at radius 3 is 3.00 bits per heavy atom. The van der Waals surface area contributed by atoms with Gasteiger partial charge in [0.25, 0.3) is 0 Å². The maximum atomic E-state index is 12.5. The number of carbonyl (C=O) groups excluding carboxylic acids is 1. The Labute approximate surface area is 128 Å². The third-order valence-electron chi connectivity index (χ3n) is 3.80. The van der Waals surface area contributed by atoms with Crippen LogP contribution in [-0.2, 0) is 6.54 Å². The molecule has 5 heteroatoms. The van der Waals surface area contributed by atoms with E-state index in [0.29, 0.717) is 17.5 Å². The summed E-state index contributed by atoms with van der Waals surface area (Å²) >= 11 is 5.79. The van der Waals surface area contributed by atoms with Gasteiger partial charge >= 0.3 is 0 Å². The fourth-order valence-electron chi connectivity index (χ4n) is 2.79. The molecule has 0 unspecified atom stereocenters. The molecule has 110 valence electrons. The normalized spacial score (nSPS) is 19.6. The van der Waals surface area contributed by atoms with E-state index in [1.165, 1.54) is 0 Å². The molecule has 21 heavy (non-hydrogen) atoms. The van der Waals surface area contributed by atoms with E-state index >= 15 is 0 Å². The van der Waals surface area contributed by atoms with E-state index in [4.69, 9.17) is 16.0 Å². The lowest BCUT2D eigenvalue weighted by Crippen LogP contribution is -2.38. The third-order valence-corrected chi connectivity index (χ3v) is 4.01. The molecule has 1 saturated heterocycles. The topological polar surface area (TPSA) is 46.3 Å². The Hall–Kier alpha value is -1.65. The average Bonchev–Trinajstić information content (AvgIpc) is 2.93. The molecule has 1 fully saturated rings. The molecular weight excluding hydrogens is 288 g/mol. The van der Waals surface area contributed by atoms with Crippen molar-refractivity contribution in [3.8, 4) is 0 Å². The maximum absolute atomic E-state index is 12.5. The Bertz CT molecular complexity index is 612. The molecule has 0 radical (unpaired) electrons. The monoisotopic (exact) mass is 304 g/mol. The first-order chi connectivity index (χ1) is 10.2. The Morgan fingerprint density at radius 2 is 2.29 bits per heavy atom. The van der Waals surface area contributed by atoms with Gasteiger partial charge in [0, 0.05) is 18.7 Å². The number of nitrogens with zero attached hydrogens (tertiary/aromatic N) is 2. The molecular formula is C16H17ClN2O2. The summed E-state index contributed by atoms with van der Waals surface area (Å²) in [5, 5.41) is 0.406. The second-order valence-electron chi connectivity index (χ2n) is 5.36. The molecule has 2 aromatic rings. The van der Waals surface area contributed by atoms with Crippen LogP contribution in [0.4, 0.5) is 0 Å². The molecule has 0 spiro atoms. The number of halogens is 1. The highest BCUT2D eigenvalue weighted by Gasteiger charge is 2.27. The van der Waals surface area contributed by atoms with Gasteiger partial charge in [-0.15, -0.1) is 0 Å². The van der Waals surface area contributed by atoms with Gasteiger partial charge in [0.1, 0.15) is 11.5 Å². The number of rotatable bonds is 4. The fraction of sp³-hybridized carbons (Fsp3) is 0.375. The summed E-state index contributed by atoms with van der Waals surface area (Å²) in [4.78, 5) is 18.9. The van der Waals surface area contributed by atoms with Crippen molar-refractivity contribution in [1.29, 1.82) is 0 Å². The van der Waals surface area contributed by atoms with E-state index < -0.39 is 0 Å². The van der Waals surface area contributed by atoms with Crippen molar-refractivity contribution in [2.75, 3.05) is 13.1 Å². The van der Waals surface area contributed by atoms with Crippen molar-refractivity contribution in [3.05, 3.63) is 53.2 Å². The molecule has 0 aliphatic carbocycles. The minimum Gasteiger partial charge on any atom is -0.448 e. The predicted octanol–water partition coefficient (Wildman–Crippen LogP) is 3.42. The molecule has 0 amide bonds. The summed E-state index contributed by atoms with van der Waals surface area (Å²) < 4.78 is 5.39. The van der Waals surface area contributed by atoms with Gasteiger partial charge in [0.2, 0.25) is 0 Å². The highest BCUT2D eigenvalue weighted by atomic mass is 35.5. The Kier molecular flexibility index (Phi) is 4.36. The number of likely N-dealkylation sites (tertiary alicyclic amines) is 1. The average molecular weight is 305 g/mol. The lowest BCUT2D eigenvalue weighted by atomic mass is 9.92. The van der Waals surface area contributed by atoms with Gasteiger partial charge in [-0.1, -0.05) is 6.07 Å². The van der Waals surface area contributed by atoms with Crippen molar-refractivity contribution in [2.45, 2.75) is 19.4 Å². The molecule has 2 aromatic heterocycles. The van der Waals surface area contributed by atoms with E-state index in [0.717, 1.165) is 31.7 Å². The largest absolute Gasteiger partial charge is 0.448 e. The third kappa shape index (κ3) is 3.52. The molecule has 3 rings (SSSR count). The number of hydrogen-bond acceptors (Lipinski definition) is 4. The van der Waals surface area contributed by atoms with E-state index in [9.17, 15) is 4.79 Å². The van der Waals surface area contributed by atoms with Gasteiger partial charge in [-0.05, 0) is 55.3 Å². The molecule has 1 aliphatic rings. The standard InChI is InChI=1S/C16H17ClN2O2/c17-15-7-6-13(21-15)11-19-9-3-4-12(10-19)16(20)14-5-1-2-8-18-14/h1-2,5-8,12H,3-4,9-11H2/t12-/m0/s1. The van der Waals surface area contributed by atoms with Crippen LogP contribution in [0.25, 0.3) is 0 Å². The minimum absolute atomic E-state index is 0.0130. The number of ketones is 1. The van der Waals surface area contributed by atoms with Crippen LogP contribution in [0.1, 0.15) is 29.1 Å². The highest BCUT2D eigenvalue weighted by Crippen LogP contribution is 2.23. The number of Topliss-reactive ketones (excluding diaryl/α,β-unsaturated/α-hetero) is 1. The molecule has 4 nitrogen and oxygen atoms in total. The number of hydrogen-bond donors (Lipinski definition) is 0. The van der Waals surface area contributed by atoms with Crippen LogP contribution in [0.2, 0.25) is 5.22 Å². The van der Waals surface area contributed by atoms with Crippen LogP contribution in [-0.4, -0.2) is 28.8 Å². The van der Waals surface area contributed by atoms with Crippen molar-refractivity contribution >= 4 is 17.4 Å². The van der Waals surface area contributed by atoms with Crippen LogP contribution in [0, 0.1) is 5.92 Å². The van der Waals surface area contributed by atoms with Crippen molar-refractivity contribution in [2.24, 2.45) is 5.92 Å². The summed E-state index contributed by atoms with van der Waals surface area (Å²) in [6.45, 7) is 2.41. The number of aromatic nitrogens is 1. The van der Waals surface area contributed by atoms with E-state index in [1.54, 1.807) is 18.3 Å². The second kappa shape index (κ2) is 6.41. The first-order valence-electron chi connectivity index (χ1n) is 7.14. The van der Waals surface area contributed by atoms with E-state index in [-0.39, 0.29) is 11.7 Å². The van der Waals surface area contributed by atoms with Crippen molar-refractivity contribution < 1.29 is 9.21 Å². The summed E-state index contributed by atoms with van der Waals surface area (Å²) in [6, 6.07) is 9.09. The first-order valence-corrected chi connectivity index (χ1v) is 7.52. The second-order valence-corrected chi connectivity index (χ2v) is 5.73. The summed E-state index contributed by atoms with van der Waals surface area (Å²) in [7, 11) is 0. The van der Waals surface area contributed by atoms with E-state index in [1.807, 2.05) is 18.2 Å². The van der Waals surface area contributed by atoms with Gasteiger partial charge in [-0.25, -0.2) is 0 Å². The number of carbonyl (C=O) groups is 1. The quantitative estimate of drug-likeness (QED) is 0.812. The summed E-state index contributed by atoms with van der Waals surface area (Å²) in [6.07, 6.45) is 3.60. The maximum Gasteiger partial charge on any atom is 0.193 e. The van der Waals surface area contributed by atoms with Gasteiger partial charge in [0.05, 0.1) is 6.54 Å². The zero-order valence-electron chi connectivity index (χ0n) is 11.7. The molecule has 1 atom stereocenters. The summed E-state index contributed by atoms with van der Waals surface area (Å²) in [5.74, 6) is 0.989.